The molecule has 4 nitrogen and oxygen atoms in total. The molecule has 0 bridgehead atoms. The molecule has 0 fully saturated rings. The molecule has 0 saturated heterocycles. The maximum atomic E-state index is 11.9. The Morgan fingerprint density at radius 1 is 1.17 bits per heavy atom. The van der Waals surface area contributed by atoms with Crippen LogP contribution in [-0.4, -0.2) is 11.0 Å². The molecule has 0 aliphatic heterocycles. The van der Waals surface area contributed by atoms with Crippen LogP contribution in [0.1, 0.15) is 10.4 Å². The highest BCUT2D eigenvalue weighted by Crippen LogP contribution is 2.24. The van der Waals surface area contributed by atoms with Gasteiger partial charge < -0.3 is 16.2 Å². The van der Waals surface area contributed by atoms with E-state index in [0.717, 1.165) is 0 Å². The number of hydrogen-bond acceptors (Lipinski definition) is 3. The molecule has 0 aliphatic rings. The fourth-order valence-corrected chi connectivity index (χ4v) is 1.60. The summed E-state index contributed by atoms with van der Waals surface area (Å²) in [7, 11) is 0. The van der Waals surface area contributed by atoms with Crippen molar-refractivity contribution in [2.45, 2.75) is 0 Å². The van der Waals surface area contributed by atoms with Gasteiger partial charge in [-0.3, -0.25) is 4.79 Å². The van der Waals surface area contributed by atoms with Gasteiger partial charge in [-0.25, -0.2) is 0 Å². The van der Waals surface area contributed by atoms with Crippen LogP contribution < -0.4 is 11.1 Å². The number of nitrogens with two attached hydrogens (primary N) is 1. The van der Waals surface area contributed by atoms with E-state index >= 15 is 0 Å². The van der Waals surface area contributed by atoms with E-state index in [2.05, 4.69) is 5.32 Å². The van der Waals surface area contributed by atoms with E-state index in [1.165, 1.54) is 18.2 Å². The Morgan fingerprint density at radius 2 is 1.83 bits per heavy atom. The Bertz CT molecular complexity index is 582. The lowest BCUT2D eigenvalue weighted by molar-refractivity contribution is 0.102. The van der Waals surface area contributed by atoms with Gasteiger partial charge in [0.25, 0.3) is 5.91 Å². The highest BCUT2D eigenvalue weighted by Gasteiger charge is 2.08. The summed E-state index contributed by atoms with van der Waals surface area (Å²) in [6.07, 6.45) is 0. The van der Waals surface area contributed by atoms with Gasteiger partial charge >= 0.3 is 0 Å². The number of hydrogen-bond donors (Lipinski definition) is 3. The molecule has 0 heterocycles. The highest BCUT2D eigenvalue weighted by molar-refractivity contribution is 6.32. The number of carbonyl (C=O) groups excluding carboxylic acids is 1. The van der Waals surface area contributed by atoms with Crippen LogP contribution in [0.2, 0.25) is 5.02 Å². The van der Waals surface area contributed by atoms with Crippen molar-refractivity contribution in [2.75, 3.05) is 11.1 Å². The number of benzene rings is 2. The molecule has 2 aromatic carbocycles. The van der Waals surface area contributed by atoms with E-state index in [-0.39, 0.29) is 16.7 Å². The second kappa shape index (κ2) is 4.98. The molecule has 4 N–H and O–H groups in total. The Labute approximate surface area is 109 Å². The zero-order chi connectivity index (χ0) is 13.1. The van der Waals surface area contributed by atoms with Crippen molar-refractivity contribution in [1.29, 1.82) is 0 Å². The van der Waals surface area contributed by atoms with Crippen molar-refractivity contribution < 1.29 is 9.90 Å². The molecule has 2 rings (SSSR count). The molecule has 2 aromatic rings. The minimum absolute atomic E-state index is 0.0549. The molecule has 92 valence electrons. The van der Waals surface area contributed by atoms with Crippen molar-refractivity contribution in [3.05, 3.63) is 53.1 Å². The fourth-order valence-electron chi connectivity index (χ4n) is 1.42. The second-order valence-electron chi connectivity index (χ2n) is 3.74. The first-order valence-electron chi connectivity index (χ1n) is 5.21. The van der Waals surface area contributed by atoms with E-state index in [1.807, 2.05) is 0 Å². The number of nitrogens with one attached hydrogen (secondary N) is 1. The number of phenolic OH excluding ortho intramolecular Hbond substituents is 1. The third kappa shape index (κ3) is 2.73. The van der Waals surface area contributed by atoms with Gasteiger partial charge in [0, 0.05) is 16.9 Å². The van der Waals surface area contributed by atoms with Crippen LogP contribution in [0.3, 0.4) is 0 Å². The maximum absolute atomic E-state index is 11.9. The van der Waals surface area contributed by atoms with Crippen molar-refractivity contribution in [3.8, 4) is 5.75 Å². The van der Waals surface area contributed by atoms with Crippen LogP contribution in [0.5, 0.6) is 5.75 Å². The molecule has 0 atom stereocenters. The molecule has 5 heteroatoms. The number of amides is 1. The third-order valence-electron chi connectivity index (χ3n) is 2.38. The highest BCUT2D eigenvalue weighted by atomic mass is 35.5. The molecule has 0 saturated carbocycles. The van der Waals surface area contributed by atoms with Crippen molar-refractivity contribution in [1.82, 2.24) is 0 Å². The van der Waals surface area contributed by atoms with Gasteiger partial charge in [-0.2, -0.15) is 0 Å². The van der Waals surface area contributed by atoms with E-state index in [9.17, 15) is 9.90 Å². The van der Waals surface area contributed by atoms with E-state index < -0.39 is 0 Å². The zero-order valence-corrected chi connectivity index (χ0v) is 10.1. The SMILES string of the molecule is Nc1ccc(NC(=O)c2ccc(O)c(Cl)c2)cc1. The number of anilines is 2. The molecule has 1 amide bonds. The summed E-state index contributed by atoms with van der Waals surface area (Å²) in [6.45, 7) is 0. The Morgan fingerprint density at radius 3 is 2.44 bits per heavy atom. The number of carbonyl (C=O) groups is 1. The quantitative estimate of drug-likeness (QED) is 0.729. The van der Waals surface area contributed by atoms with Gasteiger partial charge in [-0.15, -0.1) is 0 Å². The molecule has 18 heavy (non-hydrogen) atoms. The second-order valence-corrected chi connectivity index (χ2v) is 4.15. The van der Waals surface area contributed by atoms with Gasteiger partial charge in [0.15, 0.2) is 0 Å². The minimum atomic E-state index is -0.304. The number of nitrogen functional groups attached to an aromatic ring is 1. The van der Waals surface area contributed by atoms with Crippen LogP contribution in [0, 0.1) is 0 Å². The molecule has 0 aliphatic carbocycles. The topological polar surface area (TPSA) is 75.3 Å². The fraction of sp³-hybridized carbons (Fsp3) is 0. The summed E-state index contributed by atoms with van der Waals surface area (Å²) < 4.78 is 0. The monoisotopic (exact) mass is 262 g/mol. The number of phenols is 1. The summed E-state index contributed by atoms with van der Waals surface area (Å²) in [5, 5.41) is 12.1. The van der Waals surface area contributed by atoms with Crippen molar-refractivity contribution >= 4 is 28.9 Å². The van der Waals surface area contributed by atoms with E-state index in [1.54, 1.807) is 24.3 Å². The number of rotatable bonds is 2. The molecular formula is C13H11ClN2O2. The maximum Gasteiger partial charge on any atom is 0.255 e. The smallest absolute Gasteiger partial charge is 0.255 e. The average molecular weight is 263 g/mol. The first kappa shape index (κ1) is 12.3. The van der Waals surface area contributed by atoms with Gasteiger partial charge in [-0.05, 0) is 42.5 Å². The average Bonchev–Trinajstić information content (AvgIpc) is 2.35. The molecular weight excluding hydrogens is 252 g/mol. The van der Waals surface area contributed by atoms with E-state index in [0.29, 0.717) is 16.9 Å². The van der Waals surface area contributed by atoms with Crippen LogP contribution in [-0.2, 0) is 0 Å². The zero-order valence-electron chi connectivity index (χ0n) is 9.35. The Balaban J connectivity index is 2.16. The van der Waals surface area contributed by atoms with Crippen LogP contribution in [0.25, 0.3) is 0 Å². The molecule has 0 spiro atoms. The summed E-state index contributed by atoms with van der Waals surface area (Å²) in [6, 6.07) is 11.1. The van der Waals surface area contributed by atoms with E-state index in [4.69, 9.17) is 17.3 Å². The molecule has 0 unspecified atom stereocenters. The first-order valence-corrected chi connectivity index (χ1v) is 5.59. The summed E-state index contributed by atoms with van der Waals surface area (Å²) in [5.74, 6) is -0.359. The molecule has 0 radical (unpaired) electrons. The van der Waals surface area contributed by atoms with Gasteiger partial charge in [-0.1, -0.05) is 11.6 Å². The van der Waals surface area contributed by atoms with Crippen LogP contribution in [0.15, 0.2) is 42.5 Å². The lowest BCUT2D eigenvalue weighted by atomic mass is 10.2. The van der Waals surface area contributed by atoms with Gasteiger partial charge in [0.2, 0.25) is 0 Å². The van der Waals surface area contributed by atoms with Crippen LogP contribution >= 0.6 is 11.6 Å². The third-order valence-corrected chi connectivity index (χ3v) is 2.68. The lowest BCUT2D eigenvalue weighted by Gasteiger charge is -2.06. The van der Waals surface area contributed by atoms with Gasteiger partial charge in [0.05, 0.1) is 5.02 Å². The predicted octanol–water partition coefficient (Wildman–Crippen LogP) is 2.88. The van der Waals surface area contributed by atoms with Crippen molar-refractivity contribution in [2.24, 2.45) is 0 Å². The minimum Gasteiger partial charge on any atom is -0.506 e. The lowest BCUT2D eigenvalue weighted by Crippen LogP contribution is -2.11. The summed E-state index contributed by atoms with van der Waals surface area (Å²) in [5.41, 5.74) is 7.18. The van der Waals surface area contributed by atoms with Crippen molar-refractivity contribution in [3.63, 3.8) is 0 Å². The molecule has 0 aromatic heterocycles. The predicted molar refractivity (Wildman–Crippen MR) is 71.9 cm³/mol. The largest absolute Gasteiger partial charge is 0.506 e. The number of halogens is 1. The van der Waals surface area contributed by atoms with Gasteiger partial charge in [0.1, 0.15) is 5.75 Å². The first-order chi connectivity index (χ1) is 8.56. The standard InChI is InChI=1S/C13H11ClN2O2/c14-11-7-8(1-6-12(11)17)13(18)16-10-4-2-9(15)3-5-10/h1-7,17H,15H2,(H,16,18). The Hall–Kier alpha value is -2.20. The van der Waals surface area contributed by atoms with Crippen LogP contribution in [0.4, 0.5) is 11.4 Å². The normalized spacial score (nSPS) is 10.1. The summed E-state index contributed by atoms with van der Waals surface area (Å²) >= 11 is 5.74. The number of aromatic hydroxyl groups is 1. The summed E-state index contributed by atoms with van der Waals surface area (Å²) in [4.78, 5) is 11.9. The Kier molecular flexibility index (Phi) is 3.39.